The van der Waals surface area contributed by atoms with Crippen molar-refractivity contribution in [1.82, 2.24) is 19.7 Å². The van der Waals surface area contributed by atoms with Gasteiger partial charge >= 0.3 is 0 Å². The summed E-state index contributed by atoms with van der Waals surface area (Å²) in [6, 6.07) is 1.68. The number of nitrogens with zero attached hydrogens (tertiary/aromatic N) is 4. The number of anilines is 2. The van der Waals surface area contributed by atoms with E-state index in [0.29, 0.717) is 11.3 Å². The van der Waals surface area contributed by atoms with E-state index in [9.17, 15) is 4.79 Å². The maximum Gasteiger partial charge on any atom is 0.152 e. The Morgan fingerprint density at radius 3 is 2.85 bits per heavy atom. The maximum absolute atomic E-state index is 11.0. The minimum absolute atomic E-state index is 0.584. The molecule has 2 aromatic rings. The maximum atomic E-state index is 11.0. The van der Waals surface area contributed by atoms with Crippen molar-refractivity contribution in [3.63, 3.8) is 0 Å². The van der Waals surface area contributed by atoms with Gasteiger partial charge in [0.25, 0.3) is 0 Å². The van der Waals surface area contributed by atoms with Crippen LogP contribution in [0.4, 0.5) is 11.4 Å². The van der Waals surface area contributed by atoms with Crippen molar-refractivity contribution in [2.75, 3.05) is 26.0 Å². The Bertz CT molecular complexity index is 591. The van der Waals surface area contributed by atoms with Gasteiger partial charge in [0.1, 0.15) is 0 Å². The molecule has 0 amide bonds. The zero-order chi connectivity index (χ0) is 14.5. The van der Waals surface area contributed by atoms with Crippen molar-refractivity contribution < 1.29 is 4.79 Å². The average molecular weight is 273 g/mol. The van der Waals surface area contributed by atoms with Crippen molar-refractivity contribution >= 4 is 17.7 Å². The summed E-state index contributed by atoms with van der Waals surface area (Å²) in [7, 11) is 4.06. The van der Waals surface area contributed by atoms with Crippen molar-refractivity contribution in [2.45, 2.75) is 13.5 Å². The van der Waals surface area contributed by atoms with E-state index in [1.807, 2.05) is 25.7 Å². The fraction of sp³-hybridized carbons (Fsp3) is 0.357. The van der Waals surface area contributed by atoms with Crippen LogP contribution in [-0.4, -0.2) is 46.6 Å². The molecule has 0 radical (unpaired) electrons. The SMILES string of the molecule is Cc1c(Nc2cnccc2C=O)cnn1CCN(C)C. The summed E-state index contributed by atoms with van der Waals surface area (Å²) < 4.78 is 1.94. The van der Waals surface area contributed by atoms with Gasteiger partial charge in [-0.2, -0.15) is 5.10 Å². The lowest BCUT2D eigenvalue weighted by Crippen LogP contribution is -2.19. The molecule has 0 saturated carbocycles. The Kier molecular flexibility index (Phi) is 4.47. The second-order valence-electron chi connectivity index (χ2n) is 4.88. The predicted molar refractivity (Wildman–Crippen MR) is 78.4 cm³/mol. The van der Waals surface area contributed by atoms with Crippen LogP contribution in [0.25, 0.3) is 0 Å². The van der Waals surface area contributed by atoms with Crippen LogP contribution in [0.1, 0.15) is 16.1 Å². The van der Waals surface area contributed by atoms with Crippen LogP contribution in [0.15, 0.2) is 24.7 Å². The highest BCUT2D eigenvalue weighted by Crippen LogP contribution is 2.21. The summed E-state index contributed by atoms with van der Waals surface area (Å²) in [6.45, 7) is 3.75. The van der Waals surface area contributed by atoms with E-state index in [-0.39, 0.29) is 0 Å². The number of rotatable bonds is 6. The van der Waals surface area contributed by atoms with Gasteiger partial charge in [0.15, 0.2) is 6.29 Å². The number of likely N-dealkylation sites (N-methyl/N-ethyl adjacent to an activating group) is 1. The molecule has 0 saturated heterocycles. The second kappa shape index (κ2) is 6.29. The van der Waals surface area contributed by atoms with Gasteiger partial charge in [-0.15, -0.1) is 0 Å². The molecule has 0 aromatic carbocycles. The zero-order valence-corrected chi connectivity index (χ0v) is 12.0. The van der Waals surface area contributed by atoms with Crippen molar-refractivity contribution in [1.29, 1.82) is 0 Å². The van der Waals surface area contributed by atoms with E-state index in [1.165, 1.54) is 0 Å². The monoisotopic (exact) mass is 273 g/mol. The molecule has 2 aromatic heterocycles. The van der Waals surface area contributed by atoms with Crippen LogP contribution >= 0.6 is 0 Å². The number of nitrogens with one attached hydrogen (secondary N) is 1. The Balaban J connectivity index is 2.16. The summed E-state index contributed by atoms with van der Waals surface area (Å²) in [5.74, 6) is 0. The van der Waals surface area contributed by atoms with E-state index in [1.54, 1.807) is 24.7 Å². The van der Waals surface area contributed by atoms with Gasteiger partial charge in [0.2, 0.25) is 0 Å². The Hall–Kier alpha value is -2.21. The fourth-order valence-electron chi connectivity index (χ4n) is 1.85. The standard InChI is InChI=1S/C14H19N5O/c1-11-13(9-16-19(11)7-6-18(2)3)17-14-8-15-5-4-12(14)10-20/h4-5,8-10,17H,6-7H2,1-3H3. The molecule has 0 aliphatic rings. The smallest absolute Gasteiger partial charge is 0.152 e. The van der Waals surface area contributed by atoms with Crippen molar-refractivity contribution in [3.05, 3.63) is 35.9 Å². The lowest BCUT2D eigenvalue weighted by molar-refractivity contribution is 0.112. The first-order valence-electron chi connectivity index (χ1n) is 6.45. The normalized spacial score (nSPS) is 10.8. The third-order valence-electron chi connectivity index (χ3n) is 3.11. The highest BCUT2D eigenvalue weighted by atomic mass is 16.1. The molecular weight excluding hydrogens is 254 g/mol. The van der Waals surface area contributed by atoms with E-state index in [2.05, 4.69) is 20.3 Å². The van der Waals surface area contributed by atoms with Gasteiger partial charge in [0.05, 0.1) is 36.0 Å². The molecule has 1 N–H and O–H groups in total. The zero-order valence-electron chi connectivity index (χ0n) is 12.0. The molecule has 0 bridgehead atoms. The van der Waals surface area contributed by atoms with Crippen LogP contribution in [0, 0.1) is 6.92 Å². The first-order valence-corrected chi connectivity index (χ1v) is 6.45. The molecule has 0 aliphatic heterocycles. The molecule has 0 spiro atoms. The summed E-state index contributed by atoms with van der Waals surface area (Å²) in [4.78, 5) is 17.1. The molecule has 0 atom stereocenters. The fourth-order valence-corrected chi connectivity index (χ4v) is 1.85. The summed E-state index contributed by atoms with van der Waals surface area (Å²) in [5.41, 5.74) is 3.20. The van der Waals surface area contributed by atoms with Gasteiger partial charge in [-0.1, -0.05) is 0 Å². The highest BCUT2D eigenvalue weighted by molar-refractivity contribution is 5.85. The quantitative estimate of drug-likeness (QED) is 0.812. The number of hydrogen-bond acceptors (Lipinski definition) is 5. The molecule has 106 valence electrons. The first-order chi connectivity index (χ1) is 9.61. The number of pyridine rings is 1. The lowest BCUT2D eigenvalue weighted by Gasteiger charge is -2.11. The van der Waals surface area contributed by atoms with Crippen molar-refractivity contribution in [3.8, 4) is 0 Å². The molecule has 2 heterocycles. The first kappa shape index (κ1) is 14.2. The van der Waals surface area contributed by atoms with Gasteiger partial charge < -0.3 is 10.2 Å². The molecule has 0 aliphatic carbocycles. The third-order valence-corrected chi connectivity index (χ3v) is 3.11. The van der Waals surface area contributed by atoms with E-state index in [4.69, 9.17) is 0 Å². The van der Waals surface area contributed by atoms with Crippen LogP contribution < -0.4 is 5.32 Å². The molecular formula is C14H19N5O. The van der Waals surface area contributed by atoms with E-state index < -0.39 is 0 Å². The van der Waals surface area contributed by atoms with E-state index >= 15 is 0 Å². The summed E-state index contributed by atoms with van der Waals surface area (Å²) in [5, 5.41) is 7.57. The molecule has 6 heteroatoms. The Morgan fingerprint density at radius 2 is 2.15 bits per heavy atom. The van der Waals surface area contributed by atoms with Gasteiger partial charge in [-0.3, -0.25) is 14.5 Å². The molecule has 20 heavy (non-hydrogen) atoms. The Labute approximate surface area is 118 Å². The van der Waals surface area contributed by atoms with Crippen LogP contribution in [0.3, 0.4) is 0 Å². The second-order valence-corrected chi connectivity index (χ2v) is 4.88. The summed E-state index contributed by atoms with van der Waals surface area (Å²) in [6.07, 6.45) is 5.82. The van der Waals surface area contributed by atoms with Crippen LogP contribution in [0.5, 0.6) is 0 Å². The lowest BCUT2D eigenvalue weighted by atomic mass is 10.2. The average Bonchev–Trinajstić information content (AvgIpc) is 2.78. The molecule has 0 fully saturated rings. The minimum atomic E-state index is 0.584. The number of aldehydes is 1. The highest BCUT2D eigenvalue weighted by Gasteiger charge is 2.09. The van der Waals surface area contributed by atoms with Gasteiger partial charge in [0, 0.05) is 18.3 Å². The van der Waals surface area contributed by atoms with Gasteiger partial charge in [-0.05, 0) is 27.1 Å². The number of carbonyl (C=O) groups is 1. The Morgan fingerprint density at radius 1 is 1.35 bits per heavy atom. The molecule has 0 unspecified atom stereocenters. The number of hydrogen-bond donors (Lipinski definition) is 1. The minimum Gasteiger partial charge on any atom is -0.351 e. The topological polar surface area (TPSA) is 63.1 Å². The summed E-state index contributed by atoms with van der Waals surface area (Å²) >= 11 is 0. The number of aromatic nitrogens is 3. The third kappa shape index (κ3) is 3.21. The molecule has 2 rings (SSSR count). The van der Waals surface area contributed by atoms with Crippen LogP contribution in [-0.2, 0) is 6.54 Å². The molecule has 6 nitrogen and oxygen atoms in total. The van der Waals surface area contributed by atoms with Gasteiger partial charge in [-0.25, -0.2) is 0 Å². The van der Waals surface area contributed by atoms with Crippen LogP contribution in [0.2, 0.25) is 0 Å². The van der Waals surface area contributed by atoms with Crippen molar-refractivity contribution in [2.24, 2.45) is 0 Å². The predicted octanol–water partition coefficient (Wildman–Crippen LogP) is 1.70. The number of carbonyl (C=O) groups excluding carboxylic acids is 1. The van der Waals surface area contributed by atoms with E-state index in [0.717, 1.165) is 30.8 Å². The largest absolute Gasteiger partial charge is 0.351 e.